The number of rotatable bonds is 7. The topological polar surface area (TPSA) is 47.6 Å². The summed E-state index contributed by atoms with van der Waals surface area (Å²) in [6, 6.07) is 19.2. The summed E-state index contributed by atoms with van der Waals surface area (Å²) in [5, 5.41) is 6.52. The van der Waals surface area contributed by atoms with Crippen molar-refractivity contribution >= 4 is 11.7 Å². The molecule has 1 heterocycles. The fraction of sp³-hybridized carbons (Fsp3) is 0.400. The van der Waals surface area contributed by atoms with Gasteiger partial charge in [-0.05, 0) is 48.9 Å². The van der Waals surface area contributed by atoms with E-state index in [1.165, 1.54) is 18.4 Å². The summed E-state index contributed by atoms with van der Waals surface area (Å²) in [4.78, 5) is 17.0. The molecular formula is C25H32N4O. The second-order valence-electron chi connectivity index (χ2n) is 8.51. The molecule has 2 N–H and O–H groups in total. The van der Waals surface area contributed by atoms with Crippen molar-refractivity contribution in [3.8, 4) is 11.1 Å². The van der Waals surface area contributed by atoms with Gasteiger partial charge in [0.25, 0.3) is 0 Å². The molecule has 0 unspecified atom stereocenters. The molecule has 158 valence electrons. The fourth-order valence-electron chi connectivity index (χ4n) is 4.05. The minimum Gasteiger partial charge on any atom is -0.385 e. The van der Waals surface area contributed by atoms with Crippen molar-refractivity contribution in [2.45, 2.75) is 37.8 Å². The van der Waals surface area contributed by atoms with Gasteiger partial charge in [0.1, 0.15) is 0 Å². The van der Waals surface area contributed by atoms with Crippen molar-refractivity contribution in [2.75, 3.05) is 32.0 Å². The van der Waals surface area contributed by atoms with Crippen LogP contribution in [0.3, 0.4) is 0 Å². The van der Waals surface area contributed by atoms with Gasteiger partial charge < -0.3 is 15.5 Å². The van der Waals surface area contributed by atoms with Crippen LogP contribution >= 0.6 is 0 Å². The van der Waals surface area contributed by atoms with E-state index in [2.05, 4.69) is 34.2 Å². The highest BCUT2D eigenvalue weighted by molar-refractivity contribution is 5.89. The summed E-state index contributed by atoms with van der Waals surface area (Å²) in [5.41, 5.74) is 4.27. The molecule has 0 aromatic heterocycles. The molecule has 0 bridgehead atoms. The molecule has 2 aromatic carbocycles. The van der Waals surface area contributed by atoms with Crippen LogP contribution in [0.2, 0.25) is 0 Å². The number of anilines is 1. The lowest BCUT2D eigenvalue weighted by Crippen LogP contribution is -2.47. The van der Waals surface area contributed by atoms with E-state index in [1.807, 2.05) is 54.4 Å². The molecule has 1 aliphatic carbocycles. The zero-order valence-corrected chi connectivity index (χ0v) is 17.8. The Morgan fingerprint density at radius 1 is 1.00 bits per heavy atom. The van der Waals surface area contributed by atoms with E-state index in [0.717, 1.165) is 49.4 Å². The maximum Gasteiger partial charge on any atom is 0.321 e. The van der Waals surface area contributed by atoms with Gasteiger partial charge in [-0.3, -0.25) is 4.90 Å². The van der Waals surface area contributed by atoms with Gasteiger partial charge in [0.2, 0.25) is 0 Å². The van der Waals surface area contributed by atoms with Crippen molar-refractivity contribution in [1.82, 2.24) is 15.1 Å². The molecule has 0 atom stereocenters. The molecule has 0 spiro atoms. The van der Waals surface area contributed by atoms with Crippen LogP contribution in [-0.4, -0.2) is 54.6 Å². The number of nitrogens with zero attached hydrogens (tertiary/aromatic N) is 2. The highest BCUT2D eigenvalue weighted by atomic mass is 16.2. The summed E-state index contributed by atoms with van der Waals surface area (Å²) in [5.74, 6) is 0. The number of benzene rings is 2. The van der Waals surface area contributed by atoms with Crippen LogP contribution in [0.5, 0.6) is 0 Å². The first-order chi connectivity index (χ1) is 14.6. The zero-order chi connectivity index (χ0) is 20.9. The van der Waals surface area contributed by atoms with E-state index >= 15 is 0 Å². The van der Waals surface area contributed by atoms with Crippen LogP contribution in [0.4, 0.5) is 10.5 Å². The van der Waals surface area contributed by atoms with Gasteiger partial charge in [0, 0.05) is 50.2 Å². The number of hydrogen-bond acceptors (Lipinski definition) is 3. The predicted octanol–water partition coefficient (Wildman–Crippen LogP) is 4.55. The third kappa shape index (κ3) is 5.42. The Hall–Kier alpha value is -2.79. The van der Waals surface area contributed by atoms with Gasteiger partial charge in [0.15, 0.2) is 0 Å². The number of piperidine rings is 1. The van der Waals surface area contributed by atoms with Crippen molar-refractivity contribution < 1.29 is 4.79 Å². The second-order valence-corrected chi connectivity index (χ2v) is 8.51. The summed E-state index contributed by atoms with van der Waals surface area (Å²) >= 11 is 0. The van der Waals surface area contributed by atoms with Gasteiger partial charge in [-0.15, -0.1) is 0 Å². The van der Waals surface area contributed by atoms with Gasteiger partial charge in [-0.2, -0.15) is 0 Å². The fourth-order valence-corrected chi connectivity index (χ4v) is 4.05. The molecule has 5 nitrogen and oxygen atoms in total. The third-order valence-electron chi connectivity index (χ3n) is 6.07. The van der Waals surface area contributed by atoms with Gasteiger partial charge in [-0.25, -0.2) is 4.79 Å². The molecule has 2 amide bonds. The maximum atomic E-state index is 12.7. The summed E-state index contributed by atoms with van der Waals surface area (Å²) < 4.78 is 0. The van der Waals surface area contributed by atoms with Crippen LogP contribution in [0.15, 0.2) is 66.9 Å². The normalized spacial score (nSPS) is 17.4. The van der Waals surface area contributed by atoms with E-state index in [-0.39, 0.29) is 12.1 Å². The van der Waals surface area contributed by atoms with Crippen molar-refractivity contribution in [2.24, 2.45) is 0 Å². The molecule has 2 fully saturated rings. The number of urea groups is 1. The van der Waals surface area contributed by atoms with Crippen molar-refractivity contribution in [1.29, 1.82) is 0 Å². The first kappa shape index (κ1) is 20.5. The van der Waals surface area contributed by atoms with Crippen molar-refractivity contribution in [3.63, 3.8) is 0 Å². The highest BCUT2D eigenvalue weighted by Crippen LogP contribution is 2.23. The minimum atomic E-state index is -0.0410. The van der Waals surface area contributed by atoms with E-state index < -0.39 is 0 Å². The van der Waals surface area contributed by atoms with Crippen LogP contribution < -0.4 is 10.6 Å². The Morgan fingerprint density at radius 3 is 2.27 bits per heavy atom. The predicted molar refractivity (Wildman–Crippen MR) is 123 cm³/mol. The van der Waals surface area contributed by atoms with E-state index in [4.69, 9.17) is 0 Å². The number of carbonyl (C=O) groups excluding carboxylic acids is 1. The molecule has 0 radical (unpaired) electrons. The number of nitrogens with one attached hydrogen (secondary N) is 2. The lowest BCUT2D eigenvalue weighted by molar-refractivity contribution is 0.146. The molecule has 1 aliphatic heterocycles. The monoisotopic (exact) mass is 404 g/mol. The Kier molecular flexibility index (Phi) is 6.38. The van der Waals surface area contributed by atoms with E-state index in [9.17, 15) is 4.79 Å². The number of hydrogen-bond donors (Lipinski definition) is 2. The lowest BCUT2D eigenvalue weighted by atomic mass is 10.0. The largest absolute Gasteiger partial charge is 0.385 e. The number of carbonyl (C=O) groups is 1. The minimum absolute atomic E-state index is 0.0410. The average molecular weight is 405 g/mol. The van der Waals surface area contributed by atoms with Crippen molar-refractivity contribution in [3.05, 3.63) is 66.9 Å². The third-order valence-corrected chi connectivity index (χ3v) is 6.07. The standard InChI is InChI=1S/C25H32N4O/c1-19(26-22-12-13-22)18-29-16-14-24(15-17-29)28(2)25(30)27-23-10-8-21(9-11-23)20-6-4-3-5-7-20/h3-11,22,24,26H,1,12-18H2,2H3,(H,27,30). The summed E-state index contributed by atoms with van der Waals surface area (Å²) in [6.45, 7) is 7.06. The summed E-state index contributed by atoms with van der Waals surface area (Å²) in [7, 11) is 1.90. The quantitative estimate of drug-likeness (QED) is 0.712. The molecule has 30 heavy (non-hydrogen) atoms. The van der Waals surface area contributed by atoms with Crippen LogP contribution in [-0.2, 0) is 0 Å². The van der Waals surface area contributed by atoms with Crippen LogP contribution in [0.25, 0.3) is 11.1 Å². The van der Waals surface area contributed by atoms with E-state index in [1.54, 1.807) is 0 Å². The Morgan fingerprint density at radius 2 is 1.63 bits per heavy atom. The summed E-state index contributed by atoms with van der Waals surface area (Å²) in [6.07, 6.45) is 4.53. The SMILES string of the molecule is C=C(CN1CCC(N(C)C(=O)Nc2ccc(-c3ccccc3)cc2)CC1)NC1CC1. The van der Waals surface area contributed by atoms with Crippen LogP contribution in [0.1, 0.15) is 25.7 Å². The number of amides is 2. The molecule has 1 saturated carbocycles. The molecule has 4 rings (SSSR count). The Labute approximate surface area is 179 Å². The second kappa shape index (κ2) is 9.35. The Balaban J connectivity index is 1.24. The molecule has 2 aromatic rings. The van der Waals surface area contributed by atoms with Crippen LogP contribution in [0, 0.1) is 0 Å². The van der Waals surface area contributed by atoms with Gasteiger partial charge in [0.05, 0.1) is 0 Å². The highest BCUT2D eigenvalue weighted by Gasteiger charge is 2.26. The van der Waals surface area contributed by atoms with E-state index in [0.29, 0.717) is 6.04 Å². The molecular weight excluding hydrogens is 372 g/mol. The molecule has 1 saturated heterocycles. The maximum absolute atomic E-state index is 12.7. The number of likely N-dealkylation sites (tertiary alicyclic amines) is 1. The smallest absolute Gasteiger partial charge is 0.321 e. The first-order valence-corrected chi connectivity index (χ1v) is 10.9. The molecule has 5 heteroatoms. The zero-order valence-electron chi connectivity index (χ0n) is 17.8. The lowest BCUT2D eigenvalue weighted by Gasteiger charge is -2.37. The van der Waals surface area contributed by atoms with Gasteiger partial charge in [-0.1, -0.05) is 49.0 Å². The molecule has 2 aliphatic rings. The Bertz CT molecular complexity index is 852. The first-order valence-electron chi connectivity index (χ1n) is 10.9. The average Bonchev–Trinajstić information content (AvgIpc) is 3.59. The van der Waals surface area contributed by atoms with Gasteiger partial charge >= 0.3 is 6.03 Å².